The number of piperazine rings is 1. The number of nitrogens with zero attached hydrogens (tertiary/aromatic N) is 4. The molecule has 0 radical (unpaired) electrons. The summed E-state index contributed by atoms with van der Waals surface area (Å²) in [5.74, 6) is 0.987. The first kappa shape index (κ1) is 21.9. The molecule has 0 saturated carbocycles. The van der Waals surface area contributed by atoms with Gasteiger partial charge in [-0.05, 0) is 26.7 Å². The van der Waals surface area contributed by atoms with E-state index < -0.39 is 15.6 Å². The maximum atomic E-state index is 12.3. The normalized spacial score (nSPS) is 20.2. The number of amides is 1. The fourth-order valence-electron chi connectivity index (χ4n) is 3.55. The number of guanidine groups is 1. The van der Waals surface area contributed by atoms with Gasteiger partial charge in [-0.15, -0.1) is 0 Å². The zero-order valence-electron chi connectivity index (χ0n) is 17.0. The largest absolute Gasteiger partial charge is 0.354 e. The Bertz CT molecular complexity index is 635. The highest BCUT2D eigenvalue weighted by Gasteiger charge is 2.26. The summed E-state index contributed by atoms with van der Waals surface area (Å²) >= 11 is 0. The van der Waals surface area contributed by atoms with E-state index >= 15 is 0 Å². The Labute approximate surface area is 163 Å². The van der Waals surface area contributed by atoms with Gasteiger partial charge in [-0.25, -0.2) is 13.1 Å². The Morgan fingerprint density at radius 2 is 1.63 bits per heavy atom. The van der Waals surface area contributed by atoms with Gasteiger partial charge in [0, 0.05) is 58.4 Å². The van der Waals surface area contributed by atoms with Crippen LogP contribution in [0.2, 0.25) is 0 Å². The number of sulfonamides is 1. The second-order valence-electron chi connectivity index (χ2n) is 8.01. The molecular formula is C17H34N6O3S. The Kier molecular flexibility index (Phi) is 7.47. The number of nitrogens with one attached hydrogen (secondary N) is 2. The minimum Gasteiger partial charge on any atom is -0.354 e. The summed E-state index contributed by atoms with van der Waals surface area (Å²) in [7, 11) is -1.55. The van der Waals surface area contributed by atoms with Gasteiger partial charge in [0.1, 0.15) is 0 Å². The lowest BCUT2D eigenvalue weighted by Crippen LogP contribution is -2.57. The third-order valence-corrected chi connectivity index (χ3v) is 5.77. The van der Waals surface area contributed by atoms with E-state index in [9.17, 15) is 13.2 Å². The molecule has 2 N–H and O–H groups in total. The summed E-state index contributed by atoms with van der Waals surface area (Å²) < 4.78 is 25.6. The maximum Gasteiger partial charge on any atom is 0.236 e. The van der Waals surface area contributed by atoms with Crippen molar-refractivity contribution in [2.75, 3.05) is 65.7 Å². The zero-order valence-corrected chi connectivity index (χ0v) is 17.8. The van der Waals surface area contributed by atoms with E-state index in [-0.39, 0.29) is 5.91 Å². The lowest BCUT2D eigenvalue weighted by molar-refractivity contribution is -0.131. The van der Waals surface area contributed by atoms with Crippen LogP contribution in [-0.4, -0.2) is 106 Å². The highest BCUT2D eigenvalue weighted by atomic mass is 32.2. The van der Waals surface area contributed by atoms with Crippen LogP contribution < -0.4 is 10.0 Å². The lowest BCUT2D eigenvalue weighted by atomic mass is 10.1. The third kappa shape index (κ3) is 7.27. The van der Waals surface area contributed by atoms with Crippen molar-refractivity contribution >= 4 is 21.9 Å². The topological polar surface area (TPSA) is 97.3 Å². The van der Waals surface area contributed by atoms with Crippen molar-refractivity contribution in [3.05, 3.63) is 0 Å². The molecule has 0 atom stereocenters. The van der Waals surface area contributed by atoms with Gasteiger partial charge in [-0.1, -0.05) is 0 Å². The van der Waals surface area contributed by atoms with Crippen LogP contribution >= 0.6 is 0 Å². The van der Waals surface area contributed by atoms with Crippen LogP contribution in [0.4, 0.5) is 0 Å². The predicted octanol–water partition coefficient (Wildman–Crippen LogP) is -0.870. The number of hydrogen-bond acceptors (Lipinski definition) is 5. The Morgan fingerprint density at radius 1 is 1.04 bits per heavy atom. The minimum atomic E-state index is -3.27. The van der Waals surface area contributed by atoms with Crippen molar-refractivity contribution in [1.29, 1.82) is 0 Å². The Morgan fingerprint density at radius 3 is 2.15 bits per heavy atom. The molecule has 0 aromatic heterocycles. The Hall–Kier alpha value is -1.39. The van der Waals surface area contributed by atoms with Gasteiger partial charge in [-0.3, -0.25) is 14.7 Å². The van der Waals surface area contributed by atoms with Crippen molar-refractivity contribution in [3.8, 4) is 0 Å². The van der Waals surface area contributed by atoms with E-state index in [1.54, 1.807) is 7.05 Å². The number of carbonyl (C=O) groups excluding carboxylic acids is 1. The first-order valence-corrected chi connectivity index (χ1v) is 11.4. The van der Waals surface area contributed by atoms with E-state index in [1.807, 2.05) is 18.7 Å². The zero-order chi connectivity index (χ0) is 20.1. The van der Waals surface area contributed by atoms with Crippen LogP contribution in [0.15, 0.2) is 4.99 Å². The summed E-state index contributed by atoms with van der Waals surface area (Å²) in [5.41, 5.74) is -0.618. The summed E-state index contributed by atoms with van der Waals surface area (Å²) in [6.07, 6.45) is 3.39. The van der Waals surface area contributed by atoms with Gasteiger partial charge in [0.05, 0.1) is 12.8 Å². The van der Waals surface area contributed by atoms with Crippen LogP contribution in [0.25, 0.3) is 0 Å². The molecule has 0 bridgehead atoms. The van der Waals surface area contributed by atoms with Crippen molar-refractivity contribution in [3.63, 3.8) is 0 Å². The van der Waals surface area contributed by atoms with Crippen LogP contribution in [0.5, 0.6) is 0 Å². The monoisotopic (exact) mass is 402 g/mol. The highest BCUT2D eigenvalue weighted by molar-refractivity contribution is 7.88. The van der Waals surface area contributed by atoms with Gasteiger partial charge in [0.2, 0.25) is 15.9 Å². The number of rotatable bonds is 6. The molecule has 2 fully saturated rings. The van der Waals surface area contributed by atoms with E-state index in [0.717, 1.165) is 64.3 Å². The van der Waals surface area contributed by atoms with Gasteiger partial charge in [0.25, 0.3) is 0 Å². The molecule has 2 saturated heterocycles. The maximum absolute atomic E-state index is 12.3. The fourth-order valence-corrected chi connectivity index (χ4v) is 4.62. The molecule has 1 amide bonds. The molecule has 2 rings (SSSR count). The molecular weight excluding hydrogens is 368 g/mol. The van der Waals surface area contributed by atoms with Crippen LogP contribution in [0.1, 0.15) is 26.7 Å². The van der Waals surface area contributed by atoms with E-state index in [4.69, 9.17) is 0 Å². The van der Waals surface area contributed by atoms with Crippen LogP contribution in [0, 0.1) is 0 Å². The van der Waals surface area contributed by atoms with E-state index in [0.29, 0.717) is 13.1 Å². The molecule has 0 aliphatic carbocycles. The highest BCUT2D eigenvalue weighted by Crippen LogP contribution is 2.10. The second kappa shape index (κ2) is 9.20. The SMILES string of the molecule is CN=C(NCC(C)(C)NS(C)(=O)=O)N1CCN(CC(=O)N2CCCC2)CC1. The molecule has 0 aromatic rings. The van der Waals surface area contributed by atoms with E-state index in [2.05, 4.69) is 24.8 Å². The van der Waals surface area contributed by atoms with Gasteiger partial charge in [-0.2, -0.15) is 0 Å². The van der Waals surface area contributed by atoms with Gasteiger partial charge in [0.15, 0.2) is 5.96 Å². The molecule has 156 valence electrons. The van der Waals surface area contributed by atoms with Crippen molar-refractivity contribution in [2.45, 2.75) is 32.2 Å². The molecule has 0 unspecified atom stereocenters. The molecule has 2 aliphatic rings. The first-order chi connectivity index (χ1) is 12.6. The van der Waals surface area contributed by atoms with Crippen molar-refractivity contribution in [1.82, 2.24) is 24.7 Å². The molecule has 2 aliphatic heterocycles. The minimum absolute atomic E-state index is 0.233. The molecule has 9 nitrogen and oxygen atoms in total. The molecule has 10 heteroatoms. The average molecular weight is 403 g/mol. The third-order valence-electron chi connectivity index (χ3n) is 4.85. The predicted molar refractivity (Wildman–Crippen MR) is 107 cm³/mol. The van der Waals surface area contributed by atoms with E-state index in [1.165, 1.54) is 0 Å². The summed E-state index contributed by atoms with van der Waals surface area (Å²) in [5, 5.41) is 3.26. The summed E-state index contributed by atoms with van der Waals surface area (Å²) in [6.45, 7) is 9.56. The average Bonchev–Trinajstić information content (AvgIpc) is 3.09. The molecule has 2 heterocycles. The second-order valence-corrected chi connectivity index (χ2v) is 9.76. The number of likely N-dealkylation sites (tertiary alicyclic amines) is 1. The smallest absolute Gasteiger partial charge is 0.236 e. The number of carbonyl (C=O) groups is 1. The molecule has 0 spiro atoms. The standard InChI is InChI=1S/C17H34N6O3S/c1-17(2,20-27(4,25)26)14-19-16(18-3)23-11-9-21(10-12-23)13-15(24)22-7-5-6-8-22/h20H,5-14H2,1-4H3,(H,18,19). The fraction of sp³-hybridized carbons (Fsp3) is 0.882. The van der Waals surface area contributed by atoms with Crippen LogP contribution in [-0.2, 0) is 14.8 Å². The molecule has 27 heavy (non-hydrogen) atoms. The van der Waals surface area contributed by atoms with Gasteiger partial charge < -0.3 is 15.1 Å². The summed E-state index contributed by atoms with van der Waals surface area (Å²) in [4.78, 5) is 22.9. The first-order valence-electron chi connectivity index (χ1n) is 9.54. The van der Waals surface area contributed by atoms with Crippen molar-refractivity contribution in [2.24, 2.45) is 4.99 Å². The summed E-state index contributed by atoms with van der Waals surface area (Å²) in [6, 6.07) is 0. The number of aliphatic imine (C=N–C) groups is 1. The van der Waals surface area contributed by atoms with Crippen LogP contribution in [0.3, 0.4) is 0 Å². The van der Waals surface area contributed by atoms with Crippen molar-refractivity contribution < 1.29 is 13.2 Å². The lowest BCUT2D eigenvalue weighted by Gasteiger charge is -2.37. The molecule has 0 aromatic carbocycles. The van der Waals surface area contributed by atoms with Gasteiger partial charge >= 0.3 is 0 Å². The quantitative estimate of drug-likeness (QED) is 0.443. The Balaban J connectivity index is 1.78. The number of hydrogen-bond donors (Lipinski definition) is 2.